The van der Waals surface area contributed by atoms with Gasteiger partial charge in [0.15, 0.2) is 0 Å². The molecule has 1 amide bonds. The standard InChI is InChI=1S/C20H20ClF3N4OS/c1-2-28-16(7-8-26-28)14-10-17(30-18(14)21)19(29)27-13(11-25)9-12-5-3-4-6-15(12)20(22,23)24/h3-8,10,13H,2,9,11,25H2,1H3,(H,27,29). The number of aromatic nitrogens is 2. The summed E-state index contributed by atoms with van der Waals surface area (Å²) in [4.78, 5) is 13.1. The van der Waals surface area contributed by atoms with Crippen molar-refractivity contribution < 1.29 is 18.0 Å². The Balaban J connectivity index is 1.78. The summed E-state index contributed by atoms with van der Waals surface area (Å²) in [5.41, 5.74) is 6.54. The van der Waals surface area contributed by atoms with Gasteiger partial charge in [-0.15, -0.1) is 11.3 Å². The summed E-state index contributed by atoms with van der Waals surface area (Å²) in [5, 5.41) is 6.92. The summed E-state index contributed by atoms with van der Waals surface area (Å²) >= 11 is 7.43. The third kappa shape index (κ3) is 4.85. The predicted octanol–water partition coefficient (Wildman–Crippen LogP) is 4.60. The van der Waals surface area contributed by atoms with Crippen molar-refractivity contribution in [2.75, 3.05) is 6.54 Å². The molecule has 3 rings (SSSR count). The van der Waals surface area contributed by atoms with Crippen LogP contribution in [0, 0.1) is 0 Å². The average Bonchev–Trinajstić information content (AvgIpc) is 3.32. The lowest BCUT2D eigenvalue weighted by atomic mass is 9.99. The maximum Gasteiger partial charge on any atom is 0.416 e. The number of nitrogens with two attached hydrogens (primary N) is 1. The molecule has 0 saturated heterocycles. The van der Waals surface area contributed by atoms with E-state index in [-0.39, 0.29) is 18.5 Å². The van der Waals surface area contributed by atoms with Gasteiger partial charge >= 0.3 is 6.18 Å². The molecule has 0 fully saturated rings. The number of carbonyl (C=O) groups is 1. The highest BCUT2D eigenvalue weighted by atomic mass is 35.5. The van der Waals surface area contributed by atoms with Crippen LogP contribution in [0.4, 0.5) is 13.2 Å². The van der Waals surface area contributed by atoms with E-state index >= 15 is 0 Å². The van der Waals surface area contributed by atoms with Crippen molar-refractivity contribution in [3.05, 3.63) is 62.9 Å². The first-order valence-electron chi connectivity index (χ1n) is 9.22. The number of nitrogens with one attached hydrogen (secondary N) is 1. The van der Waals surface area contributed by atoms with Crippen LogP contribution >= 0.6 is 22.9 Å². The summed E-state index contributed by atoms with van der Waals surface area (Å²) in [6, 6.07) is 8.07. The number of aryl methyl sites for hydroxylation is 1. The van der Waals surface area contributed by atoms with Crippen molar-refractivity contribution in [2.45, 2.75) is 32.1 Å². The molecule has 3 N–H and O–H groups in total. The fraction of sp³-hybridized carbons (Fsp3) is 0.300. The van der Waals surface area contributed by atoms with E-state index in [0.717, 1.165) is 23.1 Å². The minimum absolute atomic E-state index is 0.00744. The van der Waals surface area contributed by atoms with Crippen LogP contribution in [-0.4, -0.2) is 28.3 Å². The third-order valence-electron chi connectivity index (χ3n) is 4.61. The molecule has 2 heterocycles. The lowest BCUT2D eigenvalue weighted by molar-refractivity contribution is -0.138. The van der Waals surface area contributed by atoms with Crippen LogP contribution < -0.4 is 11.1 Å². The van der Waals surface area contributed by atoms with Gasteiger partial charge in [0.25, 0.3) is 5.91 Å². The number of carbonyl (C=O) groups excluding carboxylic acids is 1. The van der Waals surface area contributed by atoms with Crippen LogP contribution in [0.5, 0.6) is 0 Å². The molecular weight excluding hydrogens is 437 g/mol. The zero-order valence-corrected chi connectivity index (χ0v) is 17.6. The Morgan fingerprint density at radius 3 is 2.73 bits per heavy atom. The molecule has 10 heteroatoms. The quantitative estimate of drug-likeness (QED) is 0.545. The number of nitrogens with zero attached hydrogens (tertiary/aromatic N) is 2. The van der Waals surface area contributed by atoms with E-state index in [9.17, 15) is 18.0 Å². The number of hydrogen-bond acceptors (Lipinski definition) is 4. The molecule has 0 aliphatic heterocycles. The average molecular weight is 457 g/mol. The maximum atomic E-state index is 13.2. The monoisotopic (exact) mass is 456 g/mol. The molecule has 0 radical (unpaired) electrons. The molecule has 1 unspecified atom stereocenters. The van der Waals surface area contributed by atoms with E-state index < -0.39 is 23.7 Å². The van der Waals surface area contributed by atoms with Gasteiger partial charge in [-0.25, -0.2) is 0 Å². The number of rotatable bonds is 7. The summed E-state index contributed by atoms with van der Waals surface area (Å²) in [7, 11) is 0. The first-order valence-corrected chi connectivity index (χ1v) is 10.4. The normalized spacial score (nSPS) is 12.7. The topological polar surface area (TPSA) is 72.9 Å². The Kier molecular flexibility index (Phi) is 6.84. The molecule has 5 nitrogen and oxygen atoms in total. The van der Waals surface area contributed by atoms with Crippen LogP contribution in [0.1, 0.15) is 27.7 Å². The number of alkyl halides is 3. The van der Waals surface area contributed by atoms with E-state index in [1.54, 1.807) is 23.0 Å². The first-order chi connectivity index (χ1) is 14.2. The van der Waals surface area contributed by atoms with Crippen LogP contribution in [0.25, 0.3) is 11.3 Å². The molecular formula is C20H20ClF3N4OS. The maximum absolute atomic E-state index is 13.2. The fourth-order valence-electron chi connectivity index (χ4n) is 3.16. The van der Waals surface area contributed by atoms with Crippen molar-refractivity contribution in [1.82, 2.24) is 15.1 Å². The summed E-state index contributed by atoms with van der Waals surface area (Å²) in [6.45, 7) is 2.57. The van der Waals surface area contributed by atoms with Gasteiger partial charge < -0.3 is 11.1 Å². The van der Waals surface area contributed by atoms with E-state index in [1.807, 2.05) is 6.92 Å². The Labute approximate surface area is 180 Å². The lowest BCUT2D eigenvalue weighted by Gasteiger charge is -2.19. The Bertz CT molecular complexity index is 1030. The number of halogens is 4. The first kappa shape index (κ1) is 22.3. The second kappa shape index (κ2) is 9.20. The largest absolute Gasteiger partial charge is 0.416 e. The third-order valence-corrected chi connectivity index (χ3v) is 5.97. The highest BCUT2D eigenvalue weighted by Gasteiger charge is 2.33. The van der Waals surface area contributed by atoms with Gasteiger partial charge in [-0.1, -0.05) is 29.8 Å². The summed E-state index contributed by atoms with van der Waals surface area (Å²) in [5.74, 6) is -0.435. The molecule has 0 aliphatic carbocycles. The van der Waals surface area contributed by atoms with Crippen molar-refractivity contribution in [1.29, 1.82) is 0 Å². The zero-order valence-electron chi connectivity index (χ0n) is 16.0. The number of hydrogen-bond donors (Lipinski definition) is 2. The molecule has 160 valence electrons. The molecule has 0 spiro atoms. The van der Waals surface area contributed by atoms with Crippen molar-refractivity contribution >= 4 is 28.8 Å². The van der Waals surface area contributed by atoms with Crippen molar-refractivity contribution in [2.24, 2.45) is 5.73 Å². The highest BCUT2D eigenvalue weighted by Crippen LogP contribution is 2.36. The van der Waals surface area contributed by atoms with E-state index in [1.165, 1.54) is 18.2 Å². The van der Waals surface area contributed by atoms with E-state index in [0.29, 0.717) is 21.3 Å². The molecule has 1 atom stereocenters. The Hall–Kier alpha value is -2.36. The molecule has 0 bridgehead atoms. The van der Waals surface area contributed by atoms with Crippen molar-refractivity contribution in [3.8, 4) is 11.3 Å². The molecule has 2 aromatic heterocycles. The van der Waals surface area contributed by atoms with Gasteiger partial charge in [-0.2, -0.15) is 18.3 Å². The second-order valence-corrected chi connectivity index (χ2v) is 8.25. The summed E-state index contributed by atoms with van der Waals surface area (Å²) < 4.78 is 41.9. The fourth-order valence-corrected chi connectivity index (χ4v) is 4.35. The van der Waals surface area contributed by atoms with Crippen LogP contribution in [0.2, 0.25) is 4.34 Å². The minimum Gasteiger partial charge on any atom is -0.347 e. The van der Waals surface area contributed by atoms with E-state index in [2.05, 4.69) is 10.4 Å². The van der Waals surface area contributed by atoms with Crippen molar-refractivity contribution in [3.63, 3.8) is 0 Å². The second-order valence-electron chi connectivity index (χ2n) is 6.60. The number of thiophene rings is 1. The molecule has 0 saturated carbocycles. The summed E-state index contributed by atoms with van der Waals surface area (Å²) in [6.07, 6.45) is -2.86. The van der Waals surface area contributed by atoms with Gasteiger partial charge in [-0.05, 0) is 37.1 Å². The zero-order chi connectivity index (χ0) is 21.9. The number of benzene rings is 1. The highest BCUT2D eigenvalue weighted by molar-refractivity contribution is 7.18. The smallest absolute Gasteiger partial charge is 0.347 e. The van der Waals surface area contributed by atoms with Gasteiger partial charge in [0, 0.05) is 30.9 Å². The Morgan fingerprint density at radius 1 is 1.33 bits per heavy atom. The van der Waals surface area contributed by atoms with Crippen LogP contribution in [0.15, 0.2) is 42.6 Å². The molecule has 0 aliphatic rings. The molecule has 30 heavy (non-hydrogen) atoms. The predicted molar refractivity (Wildman–Crippen MR) is 112 cm³/mol. The van der Waals surface area contributed by atoms with Gasteiger partial charge in [-0.3, -0.25) is 9.48 Å². The SMILES string of the molecule is CCn1nccc1-c1cc(C(=O)NC(CN)Cc2ccccc2C(F)(F)F)sc1Cl. The molecule has 3 aromatic rings. The Morgan fingerprint density at radius 2 is 2.07 bits per heavy atom. The van der Waals surface area contributed by atoms with Gasteiger partial charge in [0.1, 0.15) is 4.34 Å². The van der Waals surface area contributed by atoms with Gasteiger partial charge in [0.2, 0.25) is 0 Å². The number of amides is 1. The minimum atomic E-state index is -4.47. The lowest BCUT2D eigenvalue weighted by Crippen LogP contribution is -2.41. The molecule has 1 aromatic carbocycles. The van der Waals surface area contributed by atoms with Gasteiger partial charge in [0.05, 0.1) is 16.1 Å². The van der Waals surface area contributed by atoms with Crippen LogP contribution in [0.3, 0.4) is 0 Å². The van der Waals surface area contributed by atoms with Crippen LogP contribution in [-0.2, 0) is 19.1 Å². The van der Waals surface area contributed by atoms with E-state index in [4.69, 9.17) is 17.3 Å².